The van der Waals surface area contributed by atoms with Crippen LogP contribution in [0.25, 0.3) is 11.0 Å². The molecule has 0 spiro atoms. The average molecular weight is 430 g/mol. The number of hydrogen-bond donors (Lipinski definition) is 0. The number of halogens is 1. The summed E-state index contributed by atoms with van der Waals surface area (Å²) in [6.45, 7) is 4.28. The van der Waals surface area contributed by atoms with Crippen molar-refractivity contribution in [2.24, 2.45) is 0 Å². The molecular weight excluding hydrogens is 410 g/mol. The topological polar surface area (TPSA) is 50.5 Å². The van der Waals surface area contributed by atoms with Crippen LogP contribution in [0.3, 0.4) is 0 Å². The van der Waals surface area contributed by atoms with Gasteiger partial charge in [-0.1, -0.05) is 54.1 Å². The zero-order valence-electron chi connectivity index (χ0n) is 17.2. The van der Waals surface area contributed by atoms with Crippen molar-refractivity contribution in [3.63, 3.8) is 0 Å². The predicted octanol–water partition coefficient (Wildman–Crippen LogP) is 5.81. The van der Waals surface area contributed by atoms with Gasteiger partial charge in [0.05, 0.1) is 17.0 Å². The Bertz CT molecular complexity index is 1390. The molecule has 154 valence electrons. The number of carbonyl (C=O) groups excluding carboxylic acids is 1. The molecule has 1 amide bonds. The molecule has 0 fully saturated rings. The van der Waals surface area contributed by atoms with Gasteiger partial charge in [0.15, 0.2) is 5.43 Å². The fourth-order valence-electron chi connectivity index (χ4n) is 4.24. The van der Waals surface area contributed by atoms with Crippen molar-refractivity contribution < 1.29 is 9.21 Å². The Balaban J connectivity index is 1.76. The van der Waals surface area contributed by atoms with Gasteiger partial charge >= 0.3 is 0 Å². The van der Waals surface area contributed by atoms with Crippen LogP contribution < -0.4 is 5.43 Å². The van der Waals surface area contributed by atoms with Crippen LogP contribution in [-0.4, -0.2) is 10.8 Å². The molecule has 3 aromatic carbocycles. The van der Waals surface area contributed by atoms with Gasteiger partial charge < -0.3 is 9.32 Å². The first-order valence-electron chi connectivity index (χ1n) is 10.1. The molecule has 4 aromatic rings. The van der Waals surface area contributed by atoms with E-state index in [0.717, 1.165) is 22.3 Å². The number of benzene rings is 3. The minimum absolute atomic E-state index is 0.113. The summed E-state index contributed by atoms with van der Waals surface area (Å²) in [5.74, 6) is -0.178. The van der Waals surface area contributed by atoms with Crippen molar-refractivity contribution in [2.45, 2.75) is 26.4 Å². The van der Waals surface area contributed by atoms with Crippen molar-refractivity contribution in [1.29, 1.82) is 0 Å². The first kappa shape index (κ1) is 19.6. The molecular formula is C26H20ClNO3. The fourth-order valence-corrected chi connectivity index (χ4v) is 4.44. The second-order valence-corrected chi connectivity index (χ2v) is 8.42. The minimum Gasteiger partial charge on any atom is -0.450 e. The van der Waals surface area contributed by atoms with Gasteiger partial charge in [0.25, 0.3) is 5.91 Å². The maximum Gasteiger partial charge on any atom is 0.291 e. The number of nitrogens with zero attached hydrogens (tertiary/aromatic N) is 1. The average Bonchev–Trinajstić information content (AvgIpc) is 3.03. The summed E-state index contributed by atoms with van der Waals surface area (Å²) in [5.41, 5.74) is 4.40. The van der Waals surface area contributed by atoms with Crippen LogP contribution in [0.1, 0.15) is 44.4 Å². The number of amides is 1. The van der Waals surface area contributed by atoms with E-state index in [2.05, 4.69) is 0 Å². The third-order valence-electron chi connectivity index (χ3n) is 5.94. The Morgan fingerprint density at radius 1 is 0.935 bits per heavy atom. The first-order valence-corrected chi connectivity index (χ1v) is 10.5. The Morgan fingerprint density at radius 2 is 1.68 bits per heavy atom. The van der Waals surface area contributed by atoms with Gasteiger partial charge in [-0.05, 0) is 60.4 Å². The van der Waals surface area contributed by atoms with E-state index in [0.29, 0.717) is 28.1 Å². The van der Waals surface area contributed by atoms with E-state index in [-0.39, 0.29) is 17.1 Å². The molecule has 0 saturated carbocycles. The van der Waals surface area contributed by atoms with Gasteiger partial charge in [-0.2, -0.15) is 0 Å². The number of aryl methyl sites for hydroxylation is 2. The second-order valence-electron chi connectivity index (χ2n) is 7.98. The summed E-state index contributed by atoms with van der Waals surface area (Å²) in [4.78, 5) is 28.8. The van der Waals surface area contributed by atoms with Gasteiger partial charge in [0.2, 0.25) is 5.76 Å². The maximum atomic E-state index is 13.6. The molecule has 4 nitrogen and oxygen atoms in total. The molecule has 1 aliphatic rings. The molecule has 2 heterocycles. The summed E-state index contributed by atoms with van der Waals surface area (Å²) in [6.07, 6.45) is 0. The van der Waals surface area contributed by atoms with Crippen LogP contribution in [-0.2, 0) is 6.54 Å². The molecule has 1 aliphatic heterocycles. The summed E-state index contributed by atoms with van der Waals surface area (Å²) in [7, 11) is 0. The second kappa shape index (κ2) is 7.40. The number of rotatable bonds is 3. The van der Waals surface area contributed by atoms with Gasteiger partial charge in [-0.3, -0.25) is 9.59 Å². The molecule has 1 unspecified atom stereocenters. The highest BCUT2D eigenvalue weighted by Gasteiger charge is 2.42. The predicted molar refractivity (Wildman–Crippen MR) is 122 cm³/mol. The number of fused-ring (bicyclic) bond motifs is 2. The molecule has 0 N–H and O–H groups in total. The summed E-state index contributed by atoms with van der Waals surface area (Å²) >= 11 is 6.26. The van der Waals surface area contributed by atoms with Crippen LogP contribution in [0.2, 0.25) is 5.02 Å². The van der Waals surface area contributed by atoms with Crippen molar-refractivity contribution in [2.75, 3.05) is 0 Å². The van der Waals surface area contributed by atoms with Crippen LogP contribution in [0.4, 0.5) is 0 Å². The standard InChI is InChI=1S/C26H20ClNO3/c1-15-11-20-21(12-16(15)2)31-25-22(24(20)29)23(18-9-6-10-19(27)13-18)28(26(25)30)14-17-7-4-3-5-8-17/h3-13,23H,14H2,1-2H3. The normalized spacial score (nSPS) is 15.5. The van der Waals surface area contributed by atoms with Crippen LogP contribution >= 0.6 is 11.6 Å². The minimum atomic E-state index is -0.566. The van der Waals surface area contributed by atoms with E-state index in [1.54, 1.807) is 17.0 Å². The maximum absolute atomic E-state index is 13.6. The third-order valence-corrected chi connectivity index (χ3v) is 6.18. The van der Waals surface area contributed by atoms with Gasteiger partial charge in [-0.15, -0.1) is 0 Å². The first-order chi connectivity index (χ1) is 14.9. The van der Waals surface area contributed by atoms with Crippen molar-refractivity contribution >= 4 is 28.5 Å². The van der Waals surface area contributed by atoms with E-state index in [9.17, 15) is 9.59 Å². The van der Waals surface area contributed by atoms with Crippen molar-refractivity contribution in [1.82, 2.24) is 4.90 Å². The van der Waals surface area contributed by atoms with Gasteiger partial charge in [0, 0.05) is 11.6 Å². The zero-order chi connectivity index (χ0) is 21.7. The Kier molecular flexibility index (Phi) is 4.67. The van der Waals surface area contributed by atoms with Crippen LogP contribution in [0, 0.1) is 13.8 Å². The lowest BCUT2D eigenvalue weighted by molar-refractivity contribution is 0.0714. The zero-order valence-corrected chi connectivity index (χ0v) is 17.9. The molecule has 0 saturated heterocycles. The largest absolute Gasteiger partial charge is 0.450 e. The number of carbonyl (C=O) groups is 1. The molecule has 31 heavy (non-hydrogen) atoms. The molecule has 5 rings (SSSR count). The Labute approximate surface area is 184 Å². The molecule has 0 bridgehead atoms. The highest BCUT2D eigenvalue weighted by molar-refractivity contribution is 6.30. The van der Waals surface area contributed by atoms with Gasteiger partial charge in [0.1, 0.15) is 5.58 Å². The van der Waals surface area contributed by atoms with Gasteiger partial charge in [-0.25, -0.2) is 0 Å². The Morgan fingerprint density at radius 3 is 2.42 bits per heavy atom. The molecule has 0 radical (unpaired) electrons. The molecule has 1 atom stereocenters. The lowest BCUT2D eigenvalue weighted by atomic mass is 9.97. The summed E-state index contributed by atoms with van der Waals surface area (Å²) < 4.78 is 6.06. The molecule has 5 heteroatoms. The quantitative estimate of drug-likeness (QED) is 0.413. The smallest absolute Gasteiger partial charge is 0.291 e. The van der Waals surface area contributed by atoms with E-state index in [1.165, 1.54) is 0 Å². The van der Waals surface area contributed by atoms with E-state index in [4.69, 9.17) is 16.0 Å². The Hall–Kier alpha value is -3.37. The monoisotopic (exact) mass is 429 g/mol. The molecule has 1 aromatic heterocycles. The van der Waals surface area contributed by atoms with Crippen LogP contribution in [0.15, 0.2) is 75.9 Å². The summed E-state index contributed by atoms with van der Waals surface area (Å²) in [5, 5.41) is 1.04. The lowest BCUT2D eigenvalue weighted by Gasteiger charge is -2.25. The third kappa shape index (κ3) is 3.24. The van der Waals surface area contributed by atoms with Crippen molar-refractivity contribution in [3.05, 3.63) is 116 Å². The molecule has 0 aliphatic carbocycles. The highest BCUT2D eigenvalue weighted by Crippen LogP contribution is 2.39. The van der Waals surface area contributed by atoms with E-state index < -0.39 is 6.04 Å². The van der Waals surface area contributed by atoms with Crippen molar-refractivity contribution in [3.8, 4) is 0 Å². The SMILES string of the molecule is Cc1cc2oc3c(c(=O)c2cc1C)C(c1cccc(Cl)c1)N(Cc1ccccc1)C3=O. The van der Waals surface area contributed by atoms with Crippen LogP contribution in [0.5, 0.6) is 0 Å². The fraction of sp³-hybridized carbons (Fsp3) is 0.154. The number of hydrogen-bond acceptors (Lipinski definition) is 3. The summed E-state index contributed by atoms with van der Waals surface area (Å²) in [6, 6.07) is 20.1. The lowest BCUT2D eigenvalue weighted by Crippen LogP contribution is -2.29. The highest BCUT2D eigenvalue weighted by atomic mass is 35.5. The van der Waals surface area contributed by atoms with E-state index >= 15 is 0 Å². The van der Waals surface area contributed by atoms with E-state index in [1.807, 2.05) is 68.4 Å².